The Morgan fingerprint density at radius 1 is 0.846 bits per heavy atom. The zero-order valence-corrected chi connectivity index (χ0v) is 20.9. The molecule has 3 aromatic carbocycles. The standard InChI is InChI=1S/C30H27N3O6/c31-28(36)25(16-17-27(34)35)33(19-20-5-2-1-3-6-20)30(38)23-10-8-21(9-11-23)22-12-14-24(15-13-22)32-29(37)26-7-4-18-39-26/h1-15,18,25H,16-17,19H2,(H2,31,36)(H,32,37)(H,34,35)/t25-/m0/s1. The third kappa shape index (κ3) is 6.98. The predicted molar refractivity (Wildman–Crippen MR) is 145 cm³/mol. The molecule has 0 aliphatic carbocycles. The Hall–Kier alpha value is -5.18. The van der Waals surface area contributed by atoms with E-state index in [-0.39, 0.29) is 31.1 Å². The molecule has 9 nitrogen and oxygen atoms in total. The number of amides is 3. The van der Waals surface area contributed by atoms with Gasteiger partial charge in [-0.25, -0.2) is 0 Å². The van der Waals surface area contributed by atoms with Crippen LogP contribution in [0.3, 0.4) is 0 Å². The molecule has 198 valence electrons. The van der Waals surface area contributed by atoms with Crippen molar-refractivity contribution in [1.82, 2.24) is 4.90 Å². The molecule has 0 spiro atoms. The van der Waals surface area contributed by atoms with Crippen molar-refractivity contribution < 1.29 is 28.7 Å². The molecule has 0 fully saturated rings. The molecule has 0 unspecified atom stereocenters. The van der Waals surface area contributed by atoms with Gasteiger partial charge in [0.25, 0.3) is 11.8 Å². The maximum atomic E-state index is 13.6. The maximum absolute atomic E-state index is 13.6. The number of carbonyl (C=O) groups is 4. The second kappa shape index (κ2) is 12.4. The summed E-state index contributed by atoms with van der Waals surface area (Å²) < 4.78 is 5.10. The predicted octanol–water partition coefficient (Wildman–Crippen LogP) is 4.56. The van der Waals surface area contributed by atoms with Gasteiger partial charge in [0.15, 0.2) is 5.76 Å². The summed E-state index contributed by atoms with van der Waals surface area (Å²) in [5, 5.41) is 11.9. The van der Waals surface area contributed by atoms with Gasteiger partial charge in [-0.05, 0) is 59.5 Å². The van der Waals surface area contributed by atoms with Gasteiger partial charge in [0.05, 0.1) is 6.26 Å². The number of benzene rings is 3. The molecule has 1 heterocycles. The summed E-state index contributed by atoms with van der Waals surface area (Å²) in [7, 11) is 0. The van der Waals surface area contributed by atoms with Crippen LogP contribution in [0.2, 0.25) is 0 Å². The summed E-state index contributed by atoms with van der Waals surface area (Å²) in [6.45, 7) is 0.0971. The van der Waals surface area contributed by atoms with Crippen LogP contribution in [0.5, 0.6) is 0 Å². The SMILES string of the molecule is NC(=O)[C@H](CCC(=O)O)N(Cc1ccccc1)C(=O)c1ccc(-c2ccc(NC(=O)c3ccco3)cc2)cc1. The lowest BCUT2D eigenvalue weighted by Gasteiger charge is -2.30. The number of primary amides is 1. The molecule has 1 atom stereocenters. The Balaban J connectivity index is 1.52. The molecule has 4 aromatic rings. The van der Waals surface area contributed by atoms with Crippen LogP contribution in [0.15, 0.2) is 102 Å². The molecule has 39 heavy (non-hydrogen) atoms. The van der Waals surface area contributed by atoms with E-state index in [9.17, 15) is 19.2 Å². The molecule has 1 aromatic heterocycles. The number of rotatable bonds is 11. The summed E-state index contributed by atoms with van der Waals surface area (Å²) in [6.07, 6.45) is 1.03. The summed E-state index contributed by atoms with van der Waals surface area (Å²) in [5.41, 5.74) is 9.02. The maximum Gasteiger partial charge on any atom is 0.303 e. The fourth-order valence-electron chi connectivity index (χ4n) is 4.13. The topological polar surface area (TPSA) is 143 Å². The minimum atomic E-state index is -1.09. The van der Waals surface area contributed by atoms with Gasteiger partial charge >= 0.3 is 5.97 Å². The quantitative estimate of drug-likeness (QED) is 0.262. The number of anilines is 1. The molecular formula is C30H27N3O6. The molecule has 4 N–H and O–H groups in total. The van der Waals surface area contributed by atoms with E-state index < -0.39 is 23.8 Å². The second-order valence-corrected chi connectivity index (χ2v) is 8.86. The molecule has 0 aliphatic rings. The number of carboxylic acids is 1. The van der Waals surface area contributed by atoms with E-state index >= 15 is 0 Å². The zero-order valence-electron chi connectivity index (χ0n) is 20.9. The van der Waals surface area contributed by atoms with Crippen LogP contribution in [0, 0.1) is 0 Å². The molecule has 0 saturated heterocycles. The van der Waals surface area contributed by atoms with E-state index in [1.807, 2.05) is 42.5 Å². The molecule has 0 radical (unpaired) electrons. The van der Waals surface area contributed by atoms with Gasteiger partial charge in [-0.2, -0.15) is 0 Å². The molecule has 0 saturated carbocycles. The summed E-state index contributed by atoms with van der Waals surface area (Å²) in [6, 6.07) is 25.3. The van der Waals surface area contributed by atoms with Gasteiger partial charge in [-0.15, -0.1) is 0 Å². The fraction of sp³-hybridized carbons (Fsp3) is 0.133. The first-order chi connectivity index (χ1) is 18.8. The lowest BCUT2D eigenvalue weighted by Crippen LogP contribution is -2.47. The van der Waals surface area contributed by atoms with Crippen LogP contribution >= 0.6 is 0 Å². The highest BCUT2D eigenvalue weighted by atomic mass is 16.4. The number of carboxylic acid groups (broad SMARTS) is 1. The summed E-state index contributed by atoms with van der Waals surface area (Å²) in [4.78, 5) is 50.5. The van der Waals surface area contributed by atoms with Crippen LogP contribution in [-0.2, 0) is 16.1 Å². The number of furan rings is 1. The first-order valence-corrected chi connectivity index (χ1v) is 12.2. The van der Waals surface area contributed by atoms with E-state index in [1.54, 1.807) is 48.5 Å². The number of nitrogens with zero attached hydrogens (tertiary/aromatic N) is 1. The van der Waals surface area contributed by atoms with E-state index in [1.165, 1.54) is 11.2 Å². The average Bonchev–Trinajstić information content (AvgIpc) is 3.48. The van der Waals surface area contributed by atoms with Crippen LogP contribution in [-0.4, -0.2) is 39.7 Å². The van der Waals surface area contributed by atoms with Gasteiger partial charge in [0, 0.05) is 24.2 Å². The van der Waals surface area contributed by atoms with Gasteiger partial charge in [-0.3, -0.25) is 19.2 Å². The molecular weight excluding hydrogens is 498 g/mol. The third-order valence-electron chi connectivity index (χ3n) is 6.15. The van der Waals surface area contributed by atoms with Crippen LogP contribution in [0.4, 0.5) is 5.69 Å². The Labute approximate surface area is 224 Å². The van der Waals surface area contributed by atoms with Gasteiger partial charge in [0.2, 0.25) is 5.91 Å². The highest BCUT2D eigenvalue weighted by Gasteiger charge is 2.29. The number of hydrogen-bond donors (Lipinski definition) is 3. The van der Waals surface area contributed by atoms with Crippen molar-refractivity contribution in [3.05, 3.63) is 114 Å². The minimum absolute atomic E-state index is 0.0931. The third-order valence-corrected chi connectivity index (χ3v) is 6.15. The van der Waals surface area contributed by atoms with Gasteiger partial charge in [-0.1, -0.05) is 54.6 Å². The van der Waals surface area contributed by atoms with Crippen LogP contribution in [0.25, 0.3) is 11.1 Å². The average molecular weight is 526 g/mol. The van der Waals surface area contributed by atoms with Crippen molar-refractivity contribution in [1.29, 1.82) is 0 Å². The molecule has 0 aliphatic heterocycles. The minimum Gasteiger partial charge on any atom is -0.481 e. The van der Waals surface area contributed by atoms with Crippen molar-refractivity contribution in [2.45, 2.75) is 25.4 Å². The van der Waals surface area contributed by atoms with Crippen LogP contribution in [0.1, 0.15) is 39.3 Å². The highest BCUT2D eigenvalue weighted by Crippen LogP contribution is 2.24. The second-order valence-electron chi connectivity index (χ2n) is 8.86. The Morgan fingerprint density at radius 2 is 1.49 bits per heavy atom. The smallest absolute Gasteiger partial charge is 0.303 e. The fourth-order valence-corrected chi connectivity index (χ4v) is 4.13. The first kappa shape index (κ1) is 26.9. The summed E-state index contributed by atoms with van der Waals surface area (Å²) in [5.74, 6) is -2.42. The summed E-state index contributed by atoms with van der Waals surface area (Å²) >= 11 is 0. The largest absolute Gasteiger partial charge is 0.481 e. The monoisotopic (exact) mass is 525 g/mol. The van der Waals surface area contributed by atoms with Crippen molar-refractivity contribution in [2.75, 3.05) is 5.32 Å². The Morgan fingerprint density at radius 3 is 2.05 bits per heavy atom. The zero-order chi connectivity index (χ0) is 27.8. The number of nitrogens with one attached hydrogen (secondary N) is 1. The van der Waals surface area contributed by atoms with E-state index in [0.29, 0.717) is 11.3 Å². The Bertz CT molecular complexity index is 1430. The lowest BCUT2D eigenvalue weighted by molar-refractivity contribution is -0.137. The molecule has 0 bridgehead atoms. The molecule has 4 rings (SSSR count). The number of nitrogens with two attached hydrogens (primary N) is 1. The van der Waals surface area contributed by atoms with E-state index in [2.05, 4.69) is 5.32 Å². The first-order valence-electron chi connectivity index (χ1n) is 12.2. The van der Waals surface area contributed by atoms with Crippen molar-refractivity contribution >= 4 is 29.4 Å². The number of hydrogen-bond acceptors (Lipinski definition) is 5. The van der Waals surface area contributed by atoms with Crippen molar-refractivity contribution in [3.63, 3.8) is 0 Å². The van der Waals surface area contributed by atoms with Crippen molar-refractivity contribution in [3.8, 4) is 11.1 Å². The lowest BCUT2D eigenvalue weighted by atomic mass is 10.0. The normalized spacial score (nSPS) is 11.4. The van der Waals surface area contributed by atoms with Crippen molar-refractivity contribution in [2.24, 2.45) is 5.73 Å². The molecule has 9 heteroatoms. The number of aliphatic carboxylic acids is 1. The van der Waals surface area contributed by atoms with Gasteiger partial charge in [0.1, 0.15) is 6.04 Å². The van der Waals surface area contributed by atoms with Gasteiger partial charge < -0.3 is 25.5 Å². The Kier molecular flexibility index (Phi) is 8.53. The number of carbonyl (C=O) groups excluding carboxylic acids is 3. The molecule has 3 amide bonds. The van der Waals surface area contributed by atoms with E-state index in [4.69, 9.17) is 15.3 Å². The highest BCUT2D eigenvalue weighted by molar-refractivity contribution is 6.02. The van der Waals surface area contributed by atoms with Crippen LogP contribution < -0.4 is 11.1 Å². The van der Waals surface area contributed by atoms with E-state index in [0.717, 1.165) is 16.7 Å².